The van der Waals surface area contributed by atoms with E-state index in [1.165, 1.54) is 12.8 Å². The van der Waals surface area contributed by atoms with E-state index in [0.717, 1.165) is 13.2 Å². The smallest absolute Gasteiger partial charge is 0.146 e. The molecule has 0 amide bonds. The Labute approximate surface area is 80.1 Å². The zero-order valence-electron chi connectivity index (χ0n) is 8.58. The average Bonchev–Trinajstić information content (AvgIpc) is 2.94. The molecule has 76 valence electrons. The average molecular weight is 185 g/mol. The Bertz CT molecular complexity index is 166. The summed E-state index contributed by atoms with van der Waals surface area (Å²) < 4.78 is 5.01. The van der Waals surface area contributed by atoms with Gasteiger partial charge >= 0.3 is 0 Å². The summed E-state index contributed by atoms with van der Waals surface area (Å²) in [6, 6.07) is 0.658. The van der Waals surface area contributed by atoms with E-state index in [2.05, 4.69) is 4.90 Å². The molecule has 0 spiro atoms. The van der Waals surface area contributed by atoms with Crippen molar-refractivity contribution in [1.29, 1.82) is 0 Å². The minimum Gasteiger partial charge on any atom is -0.383 e. The van der Waals surface area contributed by atoms with Gasteiger partial charge in [-0.3, -0.25) is 9.69 Å². The molecule has 13 heavy (non-hydrogen) atoms. The molecule has 3 nitrogen and oxygen atoms in total. The topological polar surface area (TPSA) is 29.5 Å². The third-order valence-corrected chi connectivity index (χ3v) is 2.42. The molecule has 0 aromatic carbocycles. The van der Waals surface area contributed by atoms with Crippen LogP contribution in [0.2, 0.25) is 0 Å². The molecule has 0 aliphatic heterocycles. The second kappa shape index (κ2) is 5.35. The van der Waals surface area contributed by atoms with E-state index in [0.29, 0.717) is 24.8 Å². The number of ketones is 1. The third kappa shape index (κ3) is 3.87. The Morgan fingerprint density at radius 1 is 1.54 bits per heavy atom. The van der Waals surface area contributed by atoms with Crippen LogP contribution >= 0.6 is 0 Å². The monoisotopic (exact) mass is 185 g/mol. The van der Waals surface area contributed by atoms with E-state index in [-0.39, 0.29) is 0 Å². The fourth-order valence-electron chi connectivity index (χ4n) is 1.38. The molecule has 1 aliphatic rings. The first-order valence-corrected chi connectivity index (χ1v) is 5.02. The molecule has 0 heterocycles. The number of rotatable bonds is 7. The molecule has 0 aromatic heterocycles. The maximum atomic E-state index is 11.2. The summed E-state index contributed by atoms with van der Waals surface area (Å²) in [5.74, 6) is 0.336. The summed E-state index contributed by atoms with van der Waals surface area (Å²) in [5.41, 5.74) is 0. The van der Waals surface area contributed by atoms with Gasteiger partial charge in [0.2, 0.25) is 0 Å². The van der Waals surface area contributed by atoms with E-state index in [1.54, 1.807) is 7.11 Å². The molecule has 0 aromatic rings. The zero-order valence-corrected chi connectivity index (χ0v) is 8.58. The van der Waals surface area contributed by atoms with E-state index >= 15 is 0 Å². The molecule has 0 N–H and O–H groups in total. The van der Waals surface area contributed by atoms with Gasteiger partial charge in [-0.2, -0.15) is 0 Å². The molecule has 3 heteroatoms. The zero-order chi connectivity index (χ0) is 9.68. The minimum absolute atomic E-state index is 0.336. The third-order valence-electron chi connectivity index (χ3n) is 2.42. The maximum absolute atomic E-state index is 11.2. The number of methoxy groups -OCH3 is 1. The van der Waals surface area contributed by atoms with Crippen molar-refractivity contribution < 1.29 is 9.53 Å². The lowest BCUT2D eigenvalue weighted by molar-refractivity contribution is -0.120. The van der Waals surface area contributed by atoms with Crippen molar-refractivity contribution in [2.45, 2.75) is 32.2 Å². The quantitative estimate of drug-likeness (QED) is 0.594. The van der Waals surface area contributed by atoms with Gasteiger partial charge in [-0.1, -0.05) is 6.92 Å². The van der Waals surface area contributed by atoms with Crippen LogP contribution in [0, 0.1) is 0 Å². The Balaban J connectivity index is 2.24. The number of carbonyl (C=O) groups excluding carboxylic acids is 1. The van der Waals surface area contributed by atoms with E-state index < -0.39 is 0 Å². The predicted octanol–water partition coefficient (Wildman–Crippen LogP) is 1.08. The lowest BCUT2D eigenvalue weighted by atomic mass is 10.3. The van der Waals surface area contributed by atoms with Crippen molar-refractivity contribution >= 4 is 5.78 Å². The molecule has 1 rings (SSSR count). The highest BCUT2D eigenvalue weighted by molar-refractivity contribution is 5.80. The summed E-state index contributed by atoms with van der Waals surface area (Å²) in [7, 11) is 1.70. The van der Waals surface area contributed by atoms with Gasteiger partial charge < -0.3 is 4.74 Å². The SMILES string of the molecule is CCC(=O)CN(CCOC)C1CC1. The first-order valence-electron chi connectivity index (χ1n) is 5.02. The molecule has 0 bridgehead atoms. The first-order chi connectivity index (χ1) is 6.27. The molecule has 1 saturated carbocycles. The largest absolute Gasteiger partial charge is 0.383 e. The van der Waals surface area contributed by atoms with E-state index in [1.807, 2.05) is 6.92 Å². The maximum Gasteiger partial charge on any atom is 0.146 e. The van der Waals surface area contributed by atoms with Crippen molar-refractivity contribution in [3.8, 4) is 0 Å². The highest BCUT2D eigenvalue weighted by Gasteiger charge is 2.29. The van der Waals surface area contributed by atoms with Gasteiger partial charge in [-0.25, -0.2) is 0 Å². The Morgan fingerprint density at radius 3 is 2.69 bits per heavy atom. The summed E-state index contributed by atoms with van der Waals surface area (Å²) >= 11 is 0. The minimum atomic E-state index is 0.336. The van der Waals surface area contributed by atoms with Crippen molar-refractivity contribution in [3.63, 3.8) is 0 Å². The van der Waals surface area contributed by atoms with Crippen molar-refractivity contribution in [3.05, 3.63) is 0 Å². The summed E-state index contributed by atoms with van der Waals surface area (Å²) in [4.78, 5) is 13.5. The number of carbonyl (C=O) groups is 1. The van der Waals surface area contributed by atoms with E-state index in [9.17, 15) is 4.79 Å². The fourth-order valence-corrected chi connectivity index (χ4v) is 1.38. The number of hydrogen-bond acceptors (Lipinski definition) is 3. The first kappa shape index (κ1) is 10.7. The molecular weight excluding hydrogens is 166 g/mol. The lowest BCUT2D eigenvalue weighted by Gasteiger charge is -2.20. The molecule has 0 saturated heterocycles. The van der Waals surface area contributed by atoms with Crippen LogP contribution in [0.1, 0.15) is 26.2 Å². The van der Waals surface area contributed by atoms with Crippen LogP contribution in [0.4, 0.5) is 0 Å². The van der Waals surface area contributed by atoms with Gasteiger partial charge in [-0.15, -0.1) is 0 Å². The van der Waals surface area contributed by atoms with Crippen LogP contribution in [0.3, 0.4) is 0 Å². The molecule has 0 atom stereocenters. The van der Waals surface area contributed by atoms with Gasteiger partial charge in [0, 0.05) is 26.1 Å². The molecular formula is C10H19NO2. The predicted molar refractivity (Wildman–Crippen MR) is 51.8 cm³/mol. The van der Waals surface area contributed by atoms with Gasteiger partial charge in [0.1, 0.15) is 5.78 Å². The van der Waals surface area contributed by atoms with Crippen molar-refractivity contribution in [1.82, 2.24) is 4.90 Å². The van der Waals surface area contributed by atoms with Crippen LogP contribution in [0.25, 0.3) is 0 Å². The summed E-state index contributed by atoms with van der Waals surface area (Å²) in [5, 5.41) is 0. The number of hydrogen-bond donors (Lipinski definition) is 0. The normalized spacial score (nSPS) is 16.5. The van der Waals surface area contributed by atoms with Gasteiger partial charge in [-0.05, 0) is 12.8 Å². The second-order valence-corrected chi connectivity index (χ2v) is 3.59. The summed E-state index contributed by atoms with van der Waals surface area (Å²) in [6.07, 6.45) is 3.15. The number of ether oxygens (including phenoxy) is 1. The molecule has 1 aliphatic carbocycles. The van der Waals surface area contributed by atoms with Crippen LogP contribution < -0.4 is 0 Å². The van der Waals surface area contributed by atoms with E-state index in [4.69, 9.17) is 4.74 Å². The van der Waals surface area contributed by atoms with Crippen LogP contribution in [-0.4, -0.2) is 43.5 Å². The number of nitrogens with zero attached hydrogens (tertiary/aromatic N) is 1. The van der Waals surface area contributed by atoms with Crippen LogP contribution in [0.5, 0.6) is 0 Å². The standard InChI is InChI=1S/C10H19NO2/c1-3-10(12)8-11(6-7-13-2)9-4-5-9/h9H,3-8H2,1-2H3. The highest BCUT2D eigenvalue weighted by atomic mass is 16.5. The molecule has 0 radical (unpaired) electrons. The van der Waals surface area contributed by atoms with Crippen molar-refractivity contribution in [2.75, 3.05) is 26.8 Å². The van der Waals surface area contributed by atoms with Crippen molar-refractivity contribution in [2.24, 2.45) is 0 Å². The van der Waals surface area contributed by atoms with Gasteiger partial charge in [0.25, 0.3) is 0 Å². The Morgan fingerprint density at radius 2 is 2.23 bits per heavy atom. The van der Waals surface area contributed by atoms with Gasteiger partial charge in [0.05, 0.1) is 13.2 Å². The number of Topliss-reactive ketones (excluding diaryl/α,β-unsaturated/α-hetero) is 1. The van der Waals surface area contributed by atoms with Crippen LogP contribution in [0.15, 0.2) is 0 Å². The Kier molecular flexibility index (Phi) is 4.39. The second-order valence-electron chi connectivity index (χ2n) is 3.59. The van der Waals surface area contributed by atoms with Gasteiger partial charge in [0.15, 0.2) is 0 Å². The molecule has 1 fully saturated rings. The lowest BCUT2D eigenvalue weighted by Crippen LogP contribution is -2.34. The van der Waals surface area contributed by atoms with Crippen LogP contribution in [-0.2, 0) is 9.53 Å². The summed E-state index contributed by atoms with van der Waals surface area (Å²) in [6.45, 7) is 4.16. The highest BCUT2D eigenvalue weighted by Crippen LogP contribution is 2.26. The molecule has 0 unspecified atom stereocenters. The fraction of sp³-hybridized carbons (Fsp3) is 0.900. The Hall–Kier alpha value is -0.410.